The number of carbonyl (C=O) groups is 1. The minimum atomic E-state index is 0.161. The zero-order chi connectivity index (χ0) is 20.0. The number of piperazine rings is 1. The molecule has 1 aromatic rings. The predicted octanol–water partition coefficient (Wildman–Crippen LogP) is 0.417. The third-order valence-electron chi connectivity index (χ3n) is 7.01. The zero-order valence-electron chi connectivity index (χ0n) is 17.3. The van der Waals surface area contributed by atoms with Crippen molar-refractivity contribution in [3.8, 4) is 11.5 Å². The number of likely N-dealkylation sites (N-methyl/N-ethyl adjacent to an activating group) is 2. The number of hydrogen-bond donors (Lipinski definition) is 2. The summed E-state index contributed by atoms with van der Waals surface area (Å²) in [4.78, 5) is 19.8. The van der Waals surface area contributed by atoms with Gasteiger partial charge in [0.05, 0.1) is 6.04 Å². The van der Waals surface area contributed by atoms with Crippen LogP contribution in [0, 0.1) is 5.92 Å². The molecule has 1 amide bonds. The fourth-order valence-electron chi connectivity index (χ4n) is 5.12. The highest BCUT2D eigenvalue weighted by Gasteiger charge is 2.42. The molecule has 2 N–H and O–H groups in total. The Morgan fingerprint density at radius 3 is 2.86 bits per heavy atom. The number of fused-ring (bicyclic) bond motifs is 2. The fraction of sp³-hybridized carbons (Fsp3) is 0.667. The van der Waals surface area contributed by atoms with Gasteiger partial charge in [-0.2, -0.15) is 0 Å². The molecule has 4 heterocycles. The van der Waals surface area contributed by atoms with Gasteiger partial charge in [-0.25, -0.2) is 5.43 Å². The van der Waals surface area contributed by atoms with E-state index in [-0.39, 0.29) is 18.7 Å². The summed E-state index contributed by atoms with van der Waals surface area (Å²) >= 11 is 0. The van der Waals surface area contributed by atoms with Crippen molar-refractivity contribution in [3.05, 3.63) is 23.8 Å². The van der Waals surface area contributed by atoms with Crippen molar-refractivity contribution in [3.63, 3.8) is 0 Å². The van der Waals surface area contributed by atoms with Gasteiger partial charge in [0.2, 0.25) is 12.7 Å². The van der Waals surface area contributed by atoms with Gasteiger partial charge in [-0.3, -0.25) is 10.2 Å². The molecule has 4 aliphatic heterocycles. The number of nitrogens with one attached hydrogen (secondary N) is 2. The lowest BCUT2D eigenvalue weighted by molar-refractivity contribution is -0.135. The van der Waals surface area contributed by atoms with Gasteiger partial charge in [-0.05, 0) is 38.2 Å². The predicted molar refractivity (Wildman–Crippen MR) is 109 cm³/mol. The second-order valence-electron chi connectivity index (χ2n) is 8.88. The van der Waals surface area contributed by atoms with Crippen molar-refractivity contribution in [2.24, 2.45) is 5.92 Å². The van der Waals surface area contributed by atoms with Gasteiger partial charge < -0.3 is 24.2 Å². The van der Waals surface area contributed by atoms with E-state index in [0.29, 0.717) is 24.4 Å². The Morgan fingerprint density at radius 2 is 1.97 bits per heavy atom. The highest BCUT2D eigenvalue weighted by atomic mass is 16.7. The minimum Gasteiger partial charge on any atom is -0.454 e. The maximum Gasteiger partial charge on any atom is 0.231 e. The number of carbonyl (C=O) groups excluding carboxylic acids is 1. The SMILES string of the molecule is CN1CCN(C)C(CC(=O)N2CCC3NNC(c4ccc5c(c4)OCO5)C3C2)C1. The number of hydrazine groups is 1. The molecule has 0 aliphatic carbocycles. The monoisotopic (exact) mass is 401 g/mol. The molecule has 0 saturated carbocycles. The average Bonchev–Trinajstić information content (AvgIpc) is 3.36. The number of rotatable bonds is 3. The van der Waals surface area contributed by atoms with Crippen molar-refractivity contribution >= 4 is 5.91 Å². The molecule has 158 valence electrons. The zero-order valence-corrected chi connectivity index (χ0v) is 17.3. The van der Waals surface area contributed by atoms with E-state index < -0.39 is 0 Å². The Kier molecular flexibility index (Phi) is 5.11. The van der Waals surface area contributed by atoms with Crippen LogP contribution in [-0.4, -0.2) is 86.3 Å². The van der Waals surface area contributed by atoms with Crippen LogP contribution in [0.4, 0.5) is 0 Å². The second-order valence-corrected chi connectivity index (χ2v) is 8.88. The first-order valence-electron chi connectivity index (χ1n) is 10.7. The molecule has 4 aliphatic rings. The molecule has 4 unspecified atom stereocenters. The maximum atomic E-state index is 13.1. The summed E-state index contributed by atoms with van der Waals surface area (Å²) in [7, 11) is 4.28. The first-order valence-corrected chi connectivity index (χ1v) is 10.7. The molecule has 0 spiro atoms. The van der Waals surface area contributed by atoms with E-state index in [1.54, 1.807) is 0 Å². The van der Waals surface area contributed by atoms with E-state index in [1.807, 2.05) is 6.07 Å². The van der Waals surface area contributed by atoms with Crippen LogP contribution in [0.15, 0.2) is 18.2 Å². The molecule has 8 nitrogen and oxygen atoms in total. The van der Waals surface area contributed by atoms with E-state index in [9.17, 15) is 4.79 Å². The lowest BCUT2D eigenvalue weighted by atomic mass is 9.84. The van der Waals surface area contributed by atoms with Gasteiger partial charge >= 0.3 is 0 Å². The lowest BCUT2D eigenvalue weighted by Crippen LogP contribution is -2.53. The molecular formula is C21H31N5O3. The Hall–Kier alpha value is -1.87. The molecule has 0 bridgehead atoms. The maximum absolute atomic E-state index is 13.1. The molecule has 0 aromatic heterocycles. The molecule has 5 rings (SSSR count). The van der Waals surface area contributed by atoms with Crippen LogP contribution in [0.2, 0.25) is 0 Å². The van der Waals surface area contributed by atoms with E-state index in [2.05, 4.69) is 51.8 Å². The van der Waals surface area contributed by atoms with Crippen molar-refractivity contribution in [2.45, 2.75) is 31.0 Å². The fourth-order valence-corrected chi connectivity index (χ4v) is 5.12. The Bertz CT molecular complexity index is 775. The van der Waals surface area contributed by atoms with Crippen LogP contribution in [0.3, 0.4) is 0 Å². The van der Waals surface area contributed by atoms with Gasteiger partial charge in [0, 0.05) is 57.1 Å². The van der Waals surface area contributed by atoms with Crippen molar-refractivity contribution in [1.82, 2.24) is 25.6 Å². The highest BCUT2D eigenvalue weighted by Crippen LogP contribution is 2.39. The Labute approximate surface area is 172 Å². The van der Waals surface area contributed by atoms with Crippen LogP contribution < -0.4 is 20.3 Å². The van der Waals surface area contributed by atoms with Crippen molar-refractivity contribution < 1.29 is 14.3 Å². The van der Waals surface area contributed by atoms with Crippen LogP contribution >= 0.6 is 0 Å². The van der Waals surface area contributed by atoms with E-state index >= 15 is 0 Å². The molecule has 3 saturated heterocycles. The van der Waals surface area contributed by atoms with Gasteiger partial charge in [0.25, 0.3) is 0 Å². The number of ether oxygens (including phenoxy) is 2. The van der Waals surface area contributed by atoms with Gasteiger partial charge in [0.15, 0.2) is 11.5 Å². The Morgan fingerprint density at radius 1 is 1.10 bits per heavy atom. The molecule has 0 radical (unpaired) electrons. The Balaban J connectivity index is 1.26. The van der Waals surface area contributed by atoms with Crippen LogP contribution in [0.25, 0.3) is 0 Å². The number of benzene rings is 1. The summed E-state index contributed by atoms with van der Waals surface area (Å²) in [5.74, 6) is 2.24. The first kappa shape index (κ1) is 19.1. The normalized spacial score (nSPS) is 32.4. The molecule has 29 heavy (non-hydrogen) atoms. The van der Waals surface area contributed by atoms with E-state index in [1.165, 1.54) is 5.56 Å². The van der Waals surface area contributed by atoms with E-state index in [4.69, 9.17) is 9.47 Å². The quantitative estimate of drug-likeness (QED) is 0.761. The minimum absolute atomic E-state index is 0.161. The third-order valence-corrected chi connectivity index (χ3v) is 7.01. The number of piperidine rings is 1. The third kappa shape index (κ3) is 3.70. The number of nitrogens with zero attached hydrogens (tertiary/aromatic N) is 3. The standard InChI is InChI=1S/C21H31N5O3/c1-24-7-8-25(2)15(11-24)10-20(27)26-6-5-17-16(12-26)21(23-22-17)14-3-4-18-19(9-14)29-13-28-18/h3-4,9,15-17,21-23H,5-8,10-13H2,1-2H3. The van der Waals surface area contributed by atoms with Crippen molar-refractivity contribution in [1.29, 1.82) is 0 Å². The summed E-state index contributed by atoms with van der Waals surface area (Å²) in [5, 5.41) is 0. The average molecular weight is 402 g/mol. The number of likely N-dealkylation sites (tertiary alicyclic amines) is 1. The topological polar surface area (TPSA) is 69.3 Å². The summed E-state index contributed by atoms with van der Waals surface area (Å²) in [6, 6.07) is 7.00. The molecule has 3 fully saturated rings. The van der Waals surface area contributed by atoms with Gasteiger partial charge in [-0.1, -0.05) is 6.07 Å². The van der Waals surface area contributed by atoms with Crippen LogP contribution in [-0.2, 0) is 4.79 Å². The summed E-state index contributed by atoms with van der Waals surface area (Å²) in [6.07, 6.45) is 1.58. The summed E-state index contributed by atoms with van der Waals surface area (Å²) in [6.45, 7) is 4.96. The molecule has 4 atom stereocenters. The smallest absolute Gasteiger partial charge is 0.231 e. The summed E-state index contributed by atoms with van der Waals surface area (Å²) in [5.41, 5.74) is 8.09. The first-order chi connectivity index (χ1) is 14.1. The lowest BCUT2D eigenvalue weighted by Gasteiger charge is -2.40. The van der Waals surface area contributed by atoms with Crippen LogP contribution in [0.5, 0.6) is 11.5 Å². The van der Waals surface area contributed by atoms with E-state index in [0.717, 1.165) is 50.6 Å². The molecule has 1 aromatic carbocycles. The van der Waals surface area contributed by atoms with Crippen LogP contribution in [0.1, 0.15) is 24.4 Å². The molecule has 8 heteroatoms. The number of hydrogen-bond acceptors (Lipinski definition) is 7. The molecular weight excluding hydrogens is 370 g/mol. The second kappa shape index (κ2) is 7.75. The van der Waals surface area contributed by atoms with Crippen molar-refractivity contribution in [2.75, 3.05) is 53.6 Å². The largest absolute Gasteiger partial charge is 0.454 e. The highest BCUT2D eigenvalue weighted by molar-refractivity contribution is 5.77. The van der Waals surface area contributed by atoms with Gasteiger partial charge in [0.1, 0.15) is 0 Å². The van der Waals surface area contributed by atoms with Gasteiger partial charge in [-0.15, -0.1) is 0 Å². The number of amides is 1. The summed E-state index contributed by atoms with van der Waals surface area (Å²) < 4.78 is 11.0.